The zero-order valence-corrected chi connectivity index (χ0v) is 12.4. The fraction of sp³-hybridized carbons (Fsp3) is 0.917. The largest absolute Gasteiger partial charge is 0.444 e. The summed E-state index contributed by atoms with van der Waals surface area (Å²) in [6, 6.07) is 0.0376. The lowest BCUT2D eigenvalue weighted by atomic mass is 10.2. The highest BCUT2D eigenvalue weighted by Crippen LogP contribution is 2.11. The van der Waals surface area contributed by atoms with Gasteiger partial charge in [-0.05, 0) is 40.1 Å². The summed E-state index contributed by atoms with van der Waals surface area (Å²) in [6.07, 6.45) is -0.346. The topological polar surface area (TPSA) is 87.5 Å². The number of hydrogen-bond acceptors (Lipinski definition) is 4. The first kappa shape index (κ1) is 17.5. The maximum Gasteiger partial charge on any atom is 0.410 e. The number of ether oxygens (including phenoxy) is 2. The molecular formula is C12H24N4O3. The Balaban J connectivity index is 4.12. The normalized spacial score (nSPS) is 11.1. The Hall–Kier alpha value is -1.46. The molecule has 0 saturated heterocycles. The molecule has 0 rings (SSSR count). The zero-order valence-electron chi connectivity index (χ0n) is 12.4. The van der Waals surface area contributed by atoms with Crippen LogP contribution in [0.3, 0.4) is 0 Å². The Kier molecular flexibility index (Phi) is 7.95. The number of carbonyl (C=O) groups is 1. The smallest absolute Gasteiger partial charge is 0.410 e. The summed E-state index contributed by atoms with van der Waals surface area (Å²) in [6.45, 7) is 10.8. The minimum Gasteiger partial charge on any atom is -0.444 e. The molecule has 0 aromatic heterocycles. The molecule has 0 N–H and O–H groups in total. The summed E-state index contributed by atoms with van der Waals surface area (Å²) in [5, 5.41) is 3.36. The molecule has 0 aliphatic rings. The van der Waals surface area contributed by atoms with E-state index < -0.39 is 5.60 Å². The van der Waals surface area contributed by atoms with Crippen molar-refractivity contribution in [3.63, 3.8) is 0 Å². The predicted octanol–water partition coefficient (Wildman–Crippen LogP) is 2.96. The average Bonchev–Trinajstić information content (AvgIpc) is 2.24. The van der Waals surface area contributed by atoms with Crippen molar-refractivity contribution in [2.75, 3.05) is 26.3 Å². The van der Waals surface area contributed by atoms with Gasteiger partial charge in [-0.15, -0.1) is 0 Å². The summed E-state index contributed by atoms with van der Waals surface area (Å²) >= 11 is 0. The average molecular weight is 272 g/mol. The van der Waals surface area contributed by atoms with Crippen LogP contribution in [0.5, 0.6) is 0 Å². The fourth-order valence-electron chi connectivity index (χ4n) is 1.30. The fourth-order valence-corrected chi connectivity index (χ4v) is 1.30. The van der Waals surface area contributed by atoms with Gasteiger partial charge in [0.25, 0.3) is 0 Å². The first-order valence-electron chi connectivity index (χ1n) is 6.36. The minimum absolute atomic E-state index is 0.0376. The molecule has 0 aliphatic carbocycles. The third kappa shape index (κ3) is 9.16. The molecule has 0 aromatic carbocycles. The summed E-state index contributed by atoms with van der Waals surface area (Å²) in [5.74, 6) is 0. The lowest BCUT2D eigenvalue weighted by Crippen LogP contribution is -2.42. The Bertz CT molecular complexity index is 319. The second-order valence-electron chi connectivity index (χ2n) is 5.33. The molecule has 0 heterocycles. The minimum atomic E-state index is -0.507. The third-order valence-corrected chi connectivity index (χ3v) is 2.13. The van der Waals surface area contributed by atoms with Crippen LogP contribution >= 0.6 is 0 Å². The molecule has 0 saturated carbocycles. The summed E-state index contributed by atoms with van der Waals surface area (Å²) in [5.41, 5.74) is 7.59. The molecule has 7 heteroatoms. The van der Waals surface area contributed by atoms with E-state index in [9.17, 15) is 4.79 Å². The third-order valence-electron chi connectivity index (χ3n) is 2.13. The van der Waals surface area contributed by atoms with E-state index in [2.05, 4.69) is 10.0 Å². The molecule has 0 aliphatic heterocycles. The number of amides is 1. The van der Waals surface area contributed by atoms with E-state index in [4.69, 9.17) is 15.0 Å². The lowest BCUT2D eigenvalue weighted by molar-refractivity contribution is 0.0113. The van der Waals surface area contributed by atoms with E-state index in [1.54, 1.807) is 4.90 Å². The first-order valence-corrected chi connectivity index (χ1v) is 6.36. The highest BCUT2D eigenvalue weighted by atomic mass is 16.6. The van der Waals surface area contributed by atoms with Crippen molar-refractivity contribution in [3.8, 4) is 0 Å². The van der Waals surface area contributed by atoms with E-state index >= 15 is 0 Å². The van der Waals surface area contributed by atoms with Crippen LogP contribution in [0.25, 0.3) is 10.4 Å². The monoisotopic (exact) mass is 272 g/mol. The van der Waals surface area contributed by atoms with Crippen molar-refractivity contribution < 1.29 is 14.3 Å². The van der Waals surface area contributed by atoms with E-state index in [-0.39, 0.29) is 12.1 Å². The van der Waals surface area contributed by atoms with Gasteiger partial charge in [0.2, 0.25) is 0 Å². The van der Waals surface area contributed by atoms with Gasteiger partial charge < -0.3 is 14.4 Å². The van der Waals surface area contributed by atoms with Gasteiger partial charge in [-0.1, -0.05) is 5.11 Å². The van der Waals surface area contributed by atoms with Crippen molar-refractivity contribution in [2.24, 2.45) is 5.11 Å². The van der Waals surface area contributed by atoms with Crippen LogP contribution in [0, 0.1) is 0 Å². The number of rotatable bonds is 7. The van der Waals surface area contributed by atoms with Crippen LogP contribution in [0.15, 0.2) is 5.11 Å². The number of carbonyl (C=O) groups excluding carboxylic acids is 1. The Morgan fingerprint density at radius 2 is 2.00 bits per heavy atom. The Morgan fingerprint density at radius 3 is 2.47 bits per heavy atom. The first-order chi connectivity index (χ1) is 8.78. The zero-order chi connectivity index (χ0) is 14.9. The highest BCUT2D eigenvalue weighted by Gasteiger charge is 2.23. The highest BCUT2D eigenvalue weighted by molar-refractivity contribution is 5.68. The van der Waals surface area contributed by atoms with Crippen molar-refractivity contribution in [1.29, 1.82) is 0 Å². The molecule has 1 amide bonds. The molecule has 0 bridgehead atoms. The van der Waals surface area contributed by atoms with Crippen molar-refractivity contribution in [3.05, 3.63) is 10.4 Å². The van der Waals surface area contributed by atoms with Crippen molar-refractivity contribution in [1.82, 2.24) is 4.90 Å². The Morgan fingerprint density at radius 1 is 1.37 bits per heavy atom. The molecular weight excluding hydrogens is 248 g/mol. The Labute approximate surface area is 114 Å². The number of hydrogen-bond donors (Lipinski definition) is 0. The predicted molar refractivity (Wildman–Crippen MR) is 72.9 cm³/mol. The van der Waals surface area contributed by atoms with Crippen LogP contribution in [0.2, 0.25) is 0 Å². The van der Waals surface area contributed by atoms with Crippen LogP contribution in [0.4, 0.5) is 4.79 Å². The second kappa shape index (κ2) is 8.61. The van der Waals surface area contributed by atoms with E-state index in [0.29, 0.717) is 26.3 Å². The van der Waals surface area contributed by atoms with Gasteiger partial charge in [0.15, 0.2) is 0 Å². The van der Waals surface area contributed by atoms with Gasteiger partial charge >= 0.3 is 6.09 Å². The molecule has 0 aromatic rings. The maximum atomic E-state index is 11.9. The van der Waals surface area contributed by atoms with E-state index in [1.807, 2.05) is 34.6 Å². The van der Waals surface area contributed by atoms with E-state index in [1.165, 1.54) is 0 Å². The molecule has 0 atom stereocenters. The van der Waals surface area contributed by atoms with Crippen LogP contribution in [-0.4, -0.2) is 48.9 Å². The van der Waals surface area contributed by atoms with Crippen molar-refractivity contribution >= 4 is 6.09 Å². The van der Waals surface area contributed by atoms with Gasteiger partial charge in [0.1, 0.15) is 5.60 Å². The van der Waals surface area contributed by atoms with Gasteiger partial charge in [0.05, 0.1) is 13.2 Å². The second-order valence-corrected chi connectivity index (χ2v) is 5.33. The van der Waals surface area contributed by atoms with Crippen LogP contribution < -0.4 is 0 Å². The molecule has 7 nitrogen and oxygen atoms in total. The number of azide groups is 1. The van der Waals surface area contributed by atoms with Crippen molar-refractivity contribution in [2.45, 2.75) is 46.3 Å². The number of nitrogens with zero attached hydrogens (tertiary/aromatic N) is 4. The molecule has 0 fully saturated rings. The molecule has 0 radical (unpaired) electrons. The quantitative estimate of drug-likeness (QED) is 0.309. The maximum absolute atomic E-state index is 11.9. The van der Waals surface area contributed by atoms with Crippen LogP contribution in [-0.2, 0) is 9.47 Å². The standard InChI is InChI=1S/C12H24N4O3/c1-10(2)16(11(17)19-12(3,4)5)7-9-18-8-6-14-15-13/h10H,6-9H2,1-5H3. The molecule has 0 unspecified atom stereocenters. The summed E-state index contributed by atoms with van der Waals surface area (Å²) in [7, 11) is 0. The van der Waals surface area contributed by atoms with Gasteiger partial charge in [-0.3, -0.25) is 0 Å². The van der Waals surface area contributed by atoms with Gasteiger partial charge in [0, 0.05) is 24.0 Å². The van der Waals surface area contributed by atoms with Gasteiger partial charge in [-0.2, -0.15) is 0 Å². The molecule has 19 heavy (non-hydrogen) atoms. The lowest BCUT2D eigenvalue weighted by Gasteiger charge is -2.30. The SMILES string of the molecule is CC(C)N(CCOCCN=[N+]=[N-])C(=O)OC(C)(C)C. The van der Waals surface area contributed by atoms with E-state index in [0.717, 1.165) is 0 Å². The summed E-state index contributed by atoms with van der Waals surface area (Å²) in [4.78, 5) is 16.2. The van der Waals surface area contributed by atoms with Gasteiger partial charge in [-0.25, -0.2) is 4.79 Å². The van der Waals surface area contributed by atoms with Crippen LogP contribution in [0.1, 0.15) is 34.6 Å². The molecule has 110 valence electrons. The molecule has 0 spiro atoms. The summed E-state index contributed by atoms with van der Waals surface area (Å²) < 4.78 is 10.6.